The van der Waals surface area contributed by atoms with Crippen LogP contribution in [0.4, 0.5) is 0 Å². The van der Waals surface area contributed by atoms with Crippen molar-refractivity contribution >= 4 is 17.3 Å². The van der Waals surface area contributed by atoms with Crippen molar-refractivity contribution in [3.8, 4) is 11.5 Å². The number of aliphatic imine (C=N–C) groups is 1. The fourth-order valence-electron chi connectivity index (χ4n) is 4.08. The Morgan fingerprint density at radius 3 is 2.52 bits per heavy atom. The molecule has 7 heteroatoms. The lowest BCUT2D eigenvalue weighted by Crippen LogP contribution is -2.46. The third-order valence-electron chi connectivity index (χ3n) is 5.70. The van der Waals surface area contributed by atoms with Crippen molar-refractivity contribution < 1.29 is 9.47 Å². The van der Waals surface area contributed by atoms with Gasteiger partial charge in [0.05, 0.1) is 20.8 Å². The molecule has 1 heterocycles. The average molecular weight is 417 g/mol. The summed E-state index contributed by atoms with van der Waals surface area (Å²) in [6.07, 6.45) is 7.98. The third kappa shape index (κ3) is 5.21. The molecule has 6 nitrogen and oxygen atoms in total. The van der Waals surface area contributed by atoms with E-state index in [2.05, 4.69) is 39.7 Å². The van der Waals surface area contributed by atoms with Gasteiger partial charge in [-0.2, -0.15) is 0 Å². The van der Waals surface area contributed by atoms with Crippen molar-refractivity contribution in [2.24, 2.45) is 4.99 Å². The molecular formula is C22H32N4O2S. The first kappa shape index (κ1) is 21.4. The van der Waals surface area contributed by atoms with Crippen LogP contribution in [0.25, 0.3) is 0 Å². The first-order valence-electron chi connectivity index (χ1n) is 10.2. The molecule has 0 radical (unpaired) electrons. The normalized spacial score (nSPS) is 16.3. The van der Waals surface area contributed by atoms with E-state index in [1.54, 1.807) is 25.6 Å². The maximum absolute atomic E-state index is 5.56. The summed E-state index contributed by atoms with van der Waals surface area (Å²) in [5.41, 5.74) is 1.36. The van der Waals surface area contributed by atoms with E-state index in [0.29, 0.717) is 6.54 Å². The number of thiazole rings is 1. The largest absolute Gasteiger partial charge is 0.493 e. The molecule has 0 unspecified atom stereocenters. The predicted octanol–water partition coefficient (Wildman–Crippen LogP) is 4.04. The summed E-state index contributed by atoms with van der Waals surface area (Å²) in [6.45, 7) is 3.59. The molecule has 0 bridgehead atoms. The number of nitrogens with zero attached hydrogens (tertiary/aromatic N) is 2. The van der Waals surface area contributed by atoms with E-state index in [1.165, 1.54) is 29.7 Å². The smallest absolute Gasteiger partial charge is 0.191 e. The second-order valence-corrected chi connectivity index (χ2v) is 8.87. The van der Waals surface area contributed by atoms with Gasteiger partial charge in [-0.15, -0.1) is 11.3 Å². The number of aromatic nitrogens is 1. The van der Waals surface area contributed by atoms with Crippen molar-refractivity contribution in [3.63, 3.8) is 0 Å². The molecule has 29 heavy (non-hydrogen) atoms. The summed E-state index contributed by atoms with van der Waals surface area (Å²) >= 11 is 1.71. The summed E-state index contributed by atoms with van der Waals surface area (Å²) in [7, 11) is 5.18. The molecule has 158 valence electrons. The zero-order chi connectivity index (χ0) is 20.7. The highest BCUT2D eigenvalue weighted by atomic mass is 32.1. The van der Waals surface area contributed by atoms with Crippen molar-refractivity contribution in [1.29, 1.82) is 0 Å². The zero-order valence-electron chi connectivity index (χ0n) is 17.9. The maximum Gasteiger partial charge on any atom is 0.191 e. The molecule has 0 saturated heterocycles. The number of guanidine groups is 1. The van der Waals surface area contributed by atoms with Gasteiger partial charge in [0.1, 0.15) is 5.01 Å². The highest BCUT2D eigenvalue weighted by Crippen LogP contribution is 2.42. The Morgan fingerprint density at radius 1 is 1.14 bits per heavy atom. The topological polar surface area (TPSA) is 67.8 Å². The van der Waals surface area contributed by atoms with E-state index in [-0.39, 0.29) is 5.41 Å². The lowest BCUT2D eigenvalue weighted by molar-refractivity contribution is 0.288. The summed E-state index contributed by atoms with van der Waals surface area (Å²) in [4.78, 5) is 10.0. The highest BCUT2D eigenvalue weighted by molar-refractivity contribution is 7.11. The second kappa shape index (κ2) is 9.96. The molecule has 1 aromatic carbocycles. The Bertz CT molecular complexity index is 828. The molecule has 1 aliphatic carbocycles. The monoisotopic (exact) mass is 416 g/mol. The van der Waals surface area contributed by atoms with Gasteiger partial charge < -0.3 is 20.1 Å². The van der Waals surface area contributed by atoms with Gasteiger partial charge in [0, 0.05) is 30.1 Å². The fourth-order valence-corrected chi connectivity index (χ4v) is 4.81. The first-order chi connectivity index (χ1) is 14.1. The van der Waals surface area contributed by atoms with Gasteiger partial charge in [0.2, 0.25) is 0 Å². The highest BCUT2D eigenvalue weighted by Gasteiger charge is 2.34. The zero-order valence-corrected chi connectivity index (χ0v) is 18.7. The van der Waals surface area contributed by atoms with Crippen LogP contribution in [0.1, 0.15) is 47.6 Å². The van der Waals surface area contributed by atoms with Crippen molar-refractivity contribution in [2.45, 2.75) is 51.0 Å². The first-order valence-corrected chi connectivity index (χ1v) is 11.0. The molecule has 3 rings (SSSR count). The Hall–Kier alpha value is -2.28. The van der Waals surface area contributed by atoms with E-state index in [1.807, 2.05) is 19.3 Å². The van der Waals surface area contributed by atoms with E-state index in [4.69, 9.17) is 9.47 Å². The Labute approximate surface area is 177 Å². The molecule has 2 aromatic rings. The van der Waals surface area contributed by atoms with Crippen LogP contribution in [-0.4, -0.2) is 38.8 Å². The quantitative estimate of drug-likeness (QED) is 0.527. The van der Waals surface area contributed by atoms with Gasteiger partial charge in [-0.3, -0.25) is 4.99 Å². The van der Waals surface area contributed by atoms with Gasteiger partial charge in [-0.05, 0) is 37.5 Å². The molecule has 0 atom stereocenters. The van der Waals surface area contributed by atoms with Crippen LogP contribution in [0.15, 0.2) is 29.4 Å². The standard InChI is InChI=1S/C22H32N4O2S/c1-16-13-24-20(29-16)14-25-21(23-2)26-15-22(10-6-5-7-11-22)17-8-9-18(27-3)19(12-17)28-4/h8-9,12-13H,5-7,10-11,14-15H2,1-4H3,(H2,23,25,26). The molecule has 0 amide bonds. The Balaban J connectivity index is 1.72. The minimum absolute atomic E-state index is 0.0627. The van der Waals surface area contributed by atoms with E-state index in [9.17, 15) is 0 Å². The number of rotatable bonds is 7. The molecule has 1 saturated carbocycles. The van der Waals surface area contributed by atoms with Crippen molar-refractivity contribution in [2.75, 3.05) is 27.8 Å². The van der Waals surface area contributed by atoms with Gasteiger partial charge in [0.15, 0.2) is 17.5 Å². The number of hydrogen-bond donors (Lipinski definition) is 2. The van der Waals surface area contributed by atoms with Crippen LogP contribution >= 0.6 is 11.3 Å². The third-order valence-corrected chi connectivity index (χ3v) is 6.61. The molecule has 1 aliphatic rings. The maximum atomic E-state index is 5.56. The Morgan fingerprint density at radius 2 is 1.90 bits per heavy atom. The van der Waals surface area contributed by atoms with E-state index >= 15 is 0 Å². The molecule has 1 fully saturated rings. The van der Waals surface area contributed by atoms with Crippen LogP contribution in [0.5, 0.6) is 11.5 Å². The lowest BCUT2D eigenvalue weighted by Gasteiger charge is -2.38. The molecule has 2 N–H and O–H groups in total. The number of ether oxygens (including phenoxy) is 2. The lowest BCUT2D eigenvalue weighted by atomic mass is 9.69. The van der Waals surface area contributed by atoms with Crippen LogP contribution < -0.4 is 20.1 Å². The van der Waals surface area contributed by atoms with Crippen LogP contribution in [0, 0.1) is 6.92 Å². The summed E-state index contributed by atoms with van der Waals surface area (Å²) in [5, 5.41) is 8.02. The minimum atomic E-state index is 0.0627. The minimum Gasteiger partial charge on any atom is -0.493 e. The van der Waals surface area contributed by atoms with E-state index in [0.717, 1.165) is 41.9 Å². The number of methoxy groups -OCH3 is 2. The van der Waals surface area contributed by atoms with Gasteiger partial charge in [0.25, 0.3) is 0 Å². The van der Waals surface area contributed by atoms with Crippen molar-refractivity contribution in [1.82, 2.24) is 15.6 Å². The van der Waals surface area contributed by atoms with Crippen LogP contribution in [0.3, 0.4) is 0 Å². The Kier molecular flexibility index (Phi) is 7.36. The summed E-state index contributed by atoms with van der Waals surface area (Å²) in [6, 6.07) is 6.34. The SMILES string of the molecule is CN=C(NCc1ncc(C)s1)NCC1(c2ccc(OC)c(OC)c2)CCCCC1. The van der Waals surface area contributed by atoms with Gasteiger partial charge >= 0.3 is 0 Å². The van der Waals surface area contributed by atoms with Crippen LogP contribution in [0.2, 0.25) is 0 Å². The molecule has 1 aromatic heterocycles. The average Bonchev–Trinajstić information content (AvgIpc) is 3.19. The number of benzene rings is 1. The van der Waals surface area contributed by atoms with E-state index < -0.39 is 0 Å². The number of nitrogens with one attached hydrogen (secondary N) is 2. The number of hydrogen-bond acceptors (Lipinski definition) is 5. The molecule has 0 spiro atoms. The number of aryl methyl sites for hydroxylation is 1. The summed E-state index contributed by atoms with van der Waals surface area (Å²) in [5.74, 6) is 2.37. The second-order valence-electron chi connectivity index (χ2n) is 7.55. The van der Waals surface area contributed by atoms with Crippen LogP contribution in [-0.2, 0) is 12.0 Å². The molecular weight excluding hydrogens is 384 g/mol. The fraction of sp³-hybridized carbons (Fsp3) is 0.545. The van der Waals surface area contributed by atoms with Gasteiger partial charge in [-0.1, -0.05) is 25.3 Å². The summed E-state index contributed by atoms with van der Waals surface area (Å²) < 4.78 is 11.0. The van der Waals surface area contributed by atoms with Crippen molar-refractivity contribution in [3.05, 3.63) is 39.8 Å². The molecule has 0 aliphatic heterocycles. The predicted molar refractivity (Wildman–Crippen MR) is 119 cm³/mol. The van der Waals surface area contributed by atoms with Gasteiger partial charge in [-0.25, -0.2) is 4.98 Å².